The molecule has 0 spiro atoms. The van der Waals surface area contributed by atoms with Gasteiger partial charge in [-0.2, -0.15) is 0 Å². The molecule has 106 valence electrons. The Morgan fingerprint density at radius 1 is 1.32 bits per heavy atom. The number of hydrogen-bond acceptors (Lipinski definition) is 3. The Morgan fingerprint density at radius 3 is 2.63 bits per heavy atom. The molecule has 1 atom stereocenters. The van der Waals surface area contributed by atoms with Gasteiger partial charge in [0.25, 0.3) is 6.43 Å². The first-order valence-electron chi connectivity index (χ1n) is 6.02. The van der Waals surface area contributed by atoms with E-state index < -0.39 is 19.1 Å². The molecule has 0 aromatic heterocycles. The van der Waals surface area contributed by atoms with Gasteiger partial charge in [-0.05, 0) is 12.0 Å². The van der Waals surface area contributed by atoms with E-state index in [0.717, 1.165) is 5.56 Å². The lowest BCUT2D eigenvalue weighted by atomic mass is 10.1. The molecule has 3 N–H and O–H groups in total. The van der Waals surface area contributed by atoms with E-state index in [2.05, 4.69) is 10.1 Å². The highest BCUT2D eigenvalue weighted by atomic mass is 19.3. The van der Waals surface area contributed by atoms with Crippen LogP contribution in [0, 0.1) is 0 Å². The maximum Gasteiger partial charge on any atom is 0.261 e. The maximum atomic E-state index is 11.8. The van der Waals surface area contributed by atoms with Gasteiger partial charge >= 0.3 is 0 Å². The van der Waals surface area contributed by atoms with Crippen molar-refractivity contribution in [1.29, 1.82) is 0 Å². The molecule has 1 aromatic rings. The topological polar surface area (TPSA) is 64.4 Å². The first-order chi connectivity index (χ1) is 9.09. The van der Waals surface area contributed by atoms with Gasteiger partial charge in [0, 0.05) is 6.54 Å². The molecule has 19 heavy (non-hydrogen) atoms. The number of ether oxygens (including phenoxy) is 1. The Morgan fingerprint density at radius 2 is 2.00 bits per heavy atom. The highest BCUT2D eigenvalue weighted by Gasteiger charge is 2.13. The minimum Gasteiger partial charge on any atom is -0.374 e. The summed E-state index contributed by atoms with van der Waals surface area (Å²) in [5.74, 6) is -0.315. The molecule has 4 nitrogen and oxygen atoms in total. The van der Waals surface area contributed by atoms with E-state index in [9.17, 15) is 13.6 Å². The van der Waals surface area contributed by atoms with Gasteiger partial charge in [-0.25, -0.2) is 8.78 Å². The summed E-state index contributed by atoms with van der Waals surface area (Å²) in [4.78, 5) is 11.6. The number of rotatable bonds is 8. The standard InChI is InChI=1S/C13H18F2N2O2/c14-12(15)9-19-7-6-17-13(18)11(16)8-10-4-2-1-3-5-10/h1-5,11-12H,6-9,16H2,(H,17,18). The van der Waals surface area contributed by atoms with Crippen molar-refractivity contribution in [2.75, 3.05) is 19.8 Å². The minimum absolute atomic E-state index is 0.0497. The predicted molar refractivity (Wildman–Crippen MR) is 68.0 cm³/mol. The van der Waals surface area contributed by atoms with Gasteiger partial charge in [-0.1, -0.05) is 30.3 Å². The molecule has 1 rings (SSSR count). The van der Waals surface area contributed by atoms with Gasteiger partial charge in [0.1, 0.15) is 6.61 Å². The zero-order valence-corrected chi connectivity index (χ0v) is 10.5. The Balaban J connectivity index is 2.18. The fourth-order valence-electron chi connectivity index (χ4n) is 1.51. The summed E-state index contributed by atoms with van der Waals surface area (Å²) >= 11 is 0. The average Bonchev–Trinajstić information content (AvgIpc) is 2.38. The van der Waals surface area contributed by atoms with Crippen molar-refractivity contribution in [3.63, 3.8) is 0 Å². The largest absolute Gasteiger partial charge is 0.374 e. The molecule has 0 saturated carbocycles. The number of nitrogens with one attached hydrogen (secondary N) is 1. The van der Waals surface area contributed by atoms with Crippen LogP contribution in [0.2, 0.25) is 0 Å². The second kappa shape index (κ2) is 8.55. The molecule has 0 saturated heterocycles. The van der Waals surface area contributed by atoms with Crippen molar-refractivity contribution in [1.82, 2.24) is 5.32 Å². The quantitative estimate of drug-likeness (QED) is 0.693. The third-order valence-electron chi connectivity index (χ3n) is 2.42. The number of nitrogens with two attached hydrogens (primary N) is 1. The summed E-state index contributed by atoms with van der Waals surface area (Å²) in [6.45, 7) is -0.395. The van der Waals surface area contributed by atoms with Gasteiger partial charge in [-0.15, -0.1) is 0 Å². The summed E-state index contributed by atoms with van der Waals surface area (Å²) in [5.41, 5.74) is 6.71. The lowest BCUT2D eigenvalue weighted by molar-refractivity contribution is -0.122. The van der Waals surface area contributed by atoms with Crippen molar-refractivity contribution < 1.29 is 18.3 Å². The molecule has 0 heterocycles. The zero-order chi connectivity index (χ0) is 14.1. The first kappa shape index (κ1) is 15.5. The molecule has 0 fully saturated rings. The van der Waals surface area contributed by atoms with E-state index in [1.54, 1.807) is 0 Å². The smallest absolute Gasteiger partial charge is 0.261 e. The van der Waals surface area contributed by atoms with E-state index >= 15 is 0 Å². The number of carbonyl (C=O) groups is 1. The van der Waals surface area contributed by atoms with Gasteiger partial charge in [0.15, 0.2) is 0 Å². The molecule has 0 radical (unpaired) electrons. The Kier molecular flexibility index (Phi) is 6.99. The number of alkyl halides is 2. The second-order valence-electron chi connectivity index (χ2n) is 4.05. The third-order valence-corrected chi connectivity index (χ3v) is 2.42. The van der Waals surface area contributed by atoms with E-state index in [0.29, 0.717) is 6.42 Å². The van der Waals surface area contributed by atoms with Crippen LogP contribution in [0.5, 0.6) is 0 Å². The molecule has 0 aliphatic rings. The summed E-state index contributed by atoms with van der Waals surface area (Å²) in [6.07, 6.45) is -2.05. The number of amides is 1. The number of halogens is 2. The van der Waals surface area contributed by atoms with E-state index in [1.165, 1.54) is 0 Å². The Hall–Kier alpha value is -1.53. The Bertz CT molecular complexity index is 374. The molecule has 0 bridgehead atoms. The molecular weight excluding hydrogens is 254 g/mol. The average molecular weight is 272 g/mol. The van der Waals surface area contributed by atoms with Crippen molar-refractivity contribution in [2.24, 2.45) is 5.73 Å². The second-order valence-corrected chi connectivity index (χ2v) is 4.05. The number of carbonyl (C=O) groups excluding carboxylic acids is 1. The van der Waals surface area contributed by atoms with Crippen LogP contribution in [0.15, 0.2) is 30.3 Å². The van der Waals surface area contributed by atoms with Crippen LogP contribution in [-0.4, -0.2) is 38.1 Å². The molecule has 1 unspecified atom stereocenters. The van der Waals surface area contributed by atoms with Crippen LogP contribution in [0.1, 0.15) is 5.56 Å². The van der Waals surface area contributed by atoms with E-state index in [-0.39, 0.29) is 19.1 Å². The van der Waals surface area contributed by atoms with Crippen LogP contribution in [0.4, 0.5) is 8.78 Å². The highest BCUT2D eigenvalue weighted by molar-refractivity contribution is 5.81. The third kappa shape index (κ3) is 6.83. The van der Waals surface area contributed by atoms with Gasteiger partial charge in [0.2, 0.25) is 5.91 Å². The fraction of sp³-hybridized carbons (Fsp3) is 0.462. The van der Waals surface area contributed by atoms with Crippen LogP contribution in [0.25, 0.3) is 0 Å². The van der Waals surface area contributed by atoms with Gasteiger partial charge in [0.05, 0.1) is 12.6 Å². The van der Waals surface area contributed by atoms with E-state index in [1.807, 2.05) is 30.3 Å². The van der Waals surface area contributed by atoms with Crippen molar-refractivity contribution >= 4 is 5.91 Å². The maximum absolute atomic E-state index is 11.8. The Labute approximate surface area is 110 Å². The number of benzene rings is 1. The fourth-order valence-corrected chi connectivity index (χ4v) is 1.51. The monoisotopic (exact) mass is 272 g/mol. The molecular formula is C13H18F2N2O2. The predicted octanol–water partition coefficient (Wildman–Crippen LogP) is 0.954. The van der Waals surface area contributed by atoms with Crippen molar-refractivity contribution in [2.45, 2.75) is 18.9 Å². The number of hydrogen-bond donors (Lipinski definition) is 2. The lowest BCUT2D eigenvalue weighted by Crippen LogP contribution is -2.43. The summed E-state index contributed by atoms with van der Waals surface area (Å²) in [6, 6.07) is 8.75. The normalized spacial score (nSPS) is 12.4. The molecule has 0 aliphatic heterocycles. The molecule has 1 amide bonds. The van der Waals surface area contributed by atoms with Gasteiger partial charge in [-0.3, -0.25) is 4.79 Å². The molecule has 1 aromatic carbocycles. The summed E-state index contributed by atoms with van der Waals surface area (Å²) < 4.78 is 28.2. The van der Waals surface area contributed by atoms with Crippen LogP contribution in [0.3, 0.4) is 0 Å². The zero-order valence-electron chi connectivity index (χ0n) is 10.5. The van der Waals surface area contributed by atoms with Crippen LogP contribution in [-0.2, 0) is 16.0 Å². The van der Waals surface area contributed by atoms with Crippen LogP contribution >= 0.6 is 0 Å². The summed E-state index contributed by atoms with van der Waals surface area (Å²) in [5, 5.41) is 2.54. The van der Waals surface area contributed by atoms with Crippen LogP contribution < -0.4 is 11.1 Å². The van der Waals surface area contributed by atoms with E-state index in [4.69, 9.17) is 5.73 Å². The minimum atomic E-state index is -2.49. The van der Waals surface area contributed by atoms with Crippen molar-refractivity contribution in [3.8, 4) is 0 Å². The molecule has 0 aliphatic carbocycles. The summed E-state index contributed by atoms with van der Waals surface area (Å²) in [7, 11) is 0. The SMILES string of the molecule is NC(Cc1ccccc1)C(=O)NCCOCC(F)F. The van der Waals surface area contributed by atoms with Crippen molar-refractivity contribution in [3.05, 3.63) is 35.9 Å². The lowest BCUT2D eigenvalue weighted by Gasteiger charge is -2.12. The van der Waals surface area contributed by atoms with Gasteiger partial charge < -0.3 is 15.8 Å². The molecule has 6 heteroatoms. The first-order valence-corrected chi connectivity index (χ1v) is 6.02. The highest BCUT2D eigenvalue weighted by Crippen LogP contribution is 2.01.